The number of nitrogens with zero attached hydrogens (tertiary/aromatic N) is 4. The second kappa shape index (κ2) is 54.3. The van der Waals surface area contributed by atoms with Crippen molar-refractivity contribution in [1.82, 2.24) is 19.9 Å². The quantitative estimate of drug-likeness (QED) is 0.0389. The summed E-state index contributed by atoms with van der Waals surface area (Å²) in [4.78, 5) is 59.0. The molecule has 0 aliphatic rings. The number of fused-ring (bicyclic) bond motifs is 2. The number of ketones is 4. The molecule has 642 valence electrons. The van der Waals surface area contributed by atoms with E-state index in [0.29, 0.717) is 5.92 Å². The van der Waals surface area contributed by atoms with Gasteiger partial charge in [-0.05, 0) is 188 Å². The van der Waals surface area contributed by atoms with Gasteiger partial charge in [0.1, 0.15) is 0 Å². The van der Waals surface area contributed by atoms with Crippen LogP contribution in [-0.4, -0.2) is 68.6 Å². The molecule has 0 aliphatic carbocycles. The molecule has 13 nitrogen and oxygen atoms in total. The number of aliphatic hydroxyl groups excluding tert-OH is 5. The van der Waals surface area contributed by atoms with Gasteiger partial charge in [-0.2, -0.15) is 0 Å². The van der Waals surface area contributed by atoms with Crippen LogP contribution in [0, 0.1) is 65.8 Å². The van der Waals surface area contributed by atoms with Gasteiger partial charge in [-0.3, -0.25) is 29.1 Å². The van der Waals surface area contributed by atoms with Gasteiger partial charge in [0, 0.05) is 123 Å². The molecular weight excluding hydrogens is 2240 g/mol. The van der Waals surface area contributed by atoms with Crippen LogP contribution in [0.15, 0.2) is 315 Å². The fraction of sp³-hybridized carbons (Fsp3) is 0.170. The summed E-state index contributed by atoms with van der Waals surface area (Å²) in [5.74, 6) is 0.191. The first kappa shape index (κ1) is 106. The minimum absolute atomic E-state index is 0. The maximum atomic E-state index is 10.0. The van der Waals surface area contributed by atoms with Crippen LogP contribution in [0.1, 0.15) is 120 Å². The summed E-state index contributed by atoms with van der Waals surface area (Å²) in [6.45, 7) is 28.3. The molecule has 0 unspecified atom stereocenters. The van der Waals surface area contributed by atoms with Crippen LogP contribution >= 0.6 is 0 Å². The summed E-state index contributed by atoms with van der Waals surface area (Å²) >= 11 is 0. The third kappa shape index (κ3) is 34.9. The van der Waals surface area contributed by atoms with Crippen LogP contribution in [0.2, 0.25) is 0 Å². The van der Waals surface area contributed by atoms with Crippen molar-refractivity contribution in [2.24, 2.45) is 0 Å². The molecule has 0 atom stereocenters. The van der Waals surface area contributed by atoms with Gasteiger partial charge >= 0.3 is 0 Å². The Morgan fingerprint density at radius 2 is 0.691 bits per heavy atom. The minimum Gasteiger partial charge on any atom is -0.512 e. The van der Waals surface area contributed by atoms with Crippen molar-refractivity contribution in [3.8, 4) is 89.5 Å². The van der Waals surface area contributed by atoms with E-state index in [0.717, 1.165) is 78.1 Å². The first-order valence-corrected chi connectivity index (χ1v) is 39.0. The molecule has 4 aromatic heterocycles. The number of carbonyl (C=O) groups is 4. The normalized spacial score (nSPS) is 10.6. The smallest absolute Gasteiger partial charge is 0.155 e. The maximum absolute atomic E-state index is 10.0. The summed E-state index contributed by atoms with van der Waals surface area (Å²) in [7, 11) is 0. The van der Waals surface area contributed by atoms with Gasteiger partial charge in [0.2, 0.25) is 0 Å². The molecule has 0 amide bonds. The molecule has 4 radical (unpaired) electrons. The van der Waals surface area contributed by atoms with Crippen LogP contribution in [0.25, 0.3) is 111 Å². The average Bonchev–Trinajstić information content (AvgIpc) is 0.783. The van der Waals surface area contributed by atoms with E-state index >= 15 is 0 Å². The van der Waals surface area contributed by atoms with Crippen LogP contribution in [-0.2, 0) is 106 Å². The van der Waals surface area contributed by atoms with Gasteiger partial charge in [0.15, 0.2) is 23.1 Å². The summed E-state index contributed by atoms with van der Waals surface area (Å²) in [6.07, 6.45) is 8.51. The predicted octanol–water partition coefficient (Wildman–Crippen LogP) is 25.8. The molecule has 0 fully saturated rings. The summed E-state index contributed by atoms with van der Waals surface area (Å²) in [6, 6.07) is 101. The second-order valence-corrected chi connectivity index (χ2v) is 28.8. The van der Waals surface area contributed by atoms with Crippen molar-refractivity contribution < 1.29 is 125 Å². The predicted molar refractivity (Wildman–Crippen MR) is 487 cm³/mol. The second-order valence-electron chi connectivity index (χ2n) is 28.8. The topological polar surface area (TPSA) is 221 Å². The van der Waals surface area contributed by atoms with Gasteiger partial charge in [0.05, 0.1) is 40.7 Å². The number of para-hydroxylation sites is 2. The monoisotopic (exact) mass is 2350 g/mol. The van der Waals surface area contributed by atoms with E-state index in [-0.39, 0.29) is 133 Å². The molecule has 0 aliphatic heterocycles. The van der Waals surface area contributed by atoms with Crippen molar-refractivity contribution in [1.29, 1.82) is 0 Å². The number of benzene rings is 10. The number of allylic oxidation sites excluding steroid dienone is 8. The molecule has 0 saturated carbocycles. The van der Waals surface area contributed by atoms with E-state index < -0.39 is 0 Å². The zero-order chi connectivity index (χ0) is 86.7. The van der Waals surface area contributed by atoms with Crippen LogP contribution in [0.4, 0.5) is 0 Å². The molecule has 4 heterocycles. The number of hydrogen-bond acceptors (Lipinski definition) is 13. The Balaban J connectivity index is 0.000000380. The average molecular weight is 2350 g/mol. The van der Waals surface area contributed by atoms with E-state index in [2.05, 4.69) is 246 Å². The third-order valence-corrected chi connectivity index (χ3v) is 17.9. The molecule has 0 spiro atoms. The Hall–Kier alpha value is -11.3. The number of rotatable bonds is 14. The van der Waals surface area contributed by atoms with E-state index in [1.165, 1.54) is 157 Å². The zero-order valence-corrected chi connectivity index (χ0v) is 81.6. The van der Waals surface area contributed by atoms with E-state index in [4.69, 9.17) is 30.4 Å². The van der Waals surface area contributed by atoms with Crippen molar-refractivity contribution >= 4 is 44.9 Å². The number of aryl methyl sites for hydroxylation is 5. The first-order chi connectivity index (χ1) is 56.9. The maximum Gasteiger partial charge on any atom is 0.155 e. The van der Waals surface area contributed by atoms with Crippen LogP contribution in [0.5, 0.6) is 0 Å². The van der Waals surface area contributed by atoms with Crippen molar-refractivity contribution in [2.45, 2.75) is 123 Å². The van der Waals surface area contributed by atoms with Crippen molar-refractivity contribution in [3.63, 3.8) is 0 Å². The minimum atomic E-state index is -0.125. The van der Waals surface area contributed by atoms with Crippen LogP contribution < -0.4 is 0 Å². The fourth-order valence-electron chi connectivity index (χ4n) is 12.7. The Bertz CT molecular complexity index is 5780. The molecule has 123 heavy (non-hydrogen) atoms. The zero-order valence-electron chi connectivity index (χ0n) is 72.0. The van der Waals surface area contributed by atoms with Gasteiger partial charge in [-0.1, -0.05) is 206 Å². The van der Waals surface area contributed by atoms with Gasteiger partial charge < -0.3 is 35.5 Å². The van der Waals surface area contributed by atoms with Crippen LogP contribution in [0.3, 0.4) is 0 Å². The van der Waals surface area contributed by atoms with Gasteiger partial charge in [-0.25, -0.2) is 0 Å². The van der Waals surface area contributed by atoms with E-state index in [1.54, 1.807) is 0 Å². The SMILES string of the molecule is CC(=O)C=C(C)O.CC(=O)C=C(C)O.CC(=O)C=C(C)O.CC(=O)C=C(C)O.Cc1c(-c2[c-]ccc(-c3ccccc3)c2)nc2ccccc2c1CO.Cc1ccccc1-c1cc[c-]c(-c2nc3ccccc3cc2C)c1.Cc1cnc(-c2[c-]ccc(-c3ccccc3)c2)c(C(C)C)c1.Cc1cnc(-c2[c-]ccc(-c3ccccc3)c2)c(C)c1.[Ir].[Ir].[Ir].[Ir]. The van der Waals surface area contributed by atoms with Crippen molar-refractivity contribution in [3.05, 3.63) is 383 Å². The molecule has 14 aromatic rings. The number of aromatic nitrogens is 4. The Morgan fingerprint density at radius 1 is 0.350 bits per heavy atom. The molecule has 0 saturated heterocycles. The Morgan fingerprint density at radius 3 is 1.10 bits per heavy atom. The number of aliphatic hydroxyl groups is 5. The molecular formula is C106H104Ir4N4O9-4. The molecule has 0 bridgehead atoms. The summed E-state index contributed by atoms with van der Waals surface area (Å²) in [5, 5.41) is 45.5. The Kier molecular flexibility index (Phi) is 46.7. The standard InChI is InChI=1S/C23H18NO.C23H18N.C21H20N.C19H16N.4C5H8O2.4Ir/c1-16-21(15-25)20-12-5-6-13-22(20)24-23(16)19-11-7-10-18(14-19)17-8-3-2-4-9-17;1-16-8-3-5-12-21(16)18-10-7-11-20(15-18)23-17(2)14-19-9-4-6-13-22(19)24-23;1-15(2)20-12-16(3)14-22-21(20)19-11-7-10-18(13-19)17-8-5-4-6-9-17;1-14-11-15(2)19(20-13-14)18-10-6-9-17(12-18)16-7-4-3-5-8-16;4*1-4(6)3-5(2)7;;;;/h2-10,12-14,25H,15H2,1H3;3-10,12-15H,1-2H3;4-10,12-15H,1-3H3;3-9,11-13H,1-2H3;4*3,6H,1-2H3;;;;/q4*-1;;;;;;;;. The number of hydrogen-bond donors (Lipinski definition) is 5. The van der Waals surface area contributed by atoms with Crippen molar-refractivity contribution in [2.75, 3.05) is 0 Å². The van der Waals surface area contributed by atoms with E-state index in [9.17, 15) is 24.3 Å². The van der Waals surface area contributed by atoms with Gasteiger partial charge in [0.25, 0.3) is 0 Å². The number of carbonyl (C=O) groups excluding carboxylic acids is 4. The fourth-order valence-corrected chi connectivity index (χ4v) is 12.7. The molecule has 5 N–H and O–H groups in total. The molecule has 10 aromatic carbocycles. The number of pyridine rings is 4. The van der Waals surface area contributed by atoms with E-state index in [1.807, 2.05) is 110 Å². The molecule has 17 heteroatoms. The third-order valence-electron chi connectivity index (χ3n) is 17.9. The Labute approximate surface area is 779 Å². The van der Waals surface area contributed by atoms with Gasteiger partial charge in [-0.15, -0.1) is 142 Å². The molecule has 14 rings (SSSR count). The summed E-state index contributed by atoms with van der Waals surface area (Å²) < 4.78 is 0. The summed E-state index contributed by atoms with van der Waals surface area (Å²) in [5.41, 5.74) is 28.8. The largest absolute Gasteiger partial charge is 0.512 e. The first-order valence-electron chi connectivity index (χ1n) is 39.0.